The average molecular weight is 386 g/mol. The van der Waals surface area contributed by atoms with Gasteiger partial charge >= 0.3 is 0 Å². The van der Waals surface area contributed by atoms with E-state index in [1.807, 2.05) is 36.4 Å². The van der Waals surface area contributed by atoms with E-state index in [1.165, 1.54) is 0 Å². The van der Waals surface area contributed by atoms with Crippen molar-refractivity contribution in [3.63, 3.8) is 0 Å². The van der Waals surface area contributed by atoms with Gasteiger partial charge in [-0.15, -0.1) is 0 Å². The first-order valence-electron chi connectivity index (χ1n) is 9.00. The van der Waals surface area contributed by atoms with Crippen molar-refractivity contribution in [1.29, 1.82) is 0 Å². The molecule has 28 heavy (non-hydrogen) atoms. The fraction of sp³-hybridized carbons (Fsp3) is 0.350. The number of carbonyl (C=O) groups excluding carboxylic acids is 1. The van der Waals surface area contributed by atoms with Gasteiger partial charge in [0.15, 0.2) is 6.35 Å². The van der Waals surface area contributed by atoms with Crippen LogP contribution >= 0.6 is 0 Å². The van der Waals surface area contributed by atoms with Crippen molar-refractivity contribution in [2.45, 2.75) is 25.5 Å². The Balaban J connectivity index is 1.69. The molecule has 150 valence electrons. The molecule has 2 unspecified atom stereocenters. The maximum Gasteiger partial charge on any atom is 0.226 e. The number of nitrogens with one attached hydrogen (secondary N) is 3. The summed E-state index contributed by atoms with van der Waals surface area (Å²) in [4.78, 5) is 13.5. The molecule has 0 spiro atoms. The summed E-state index contributed by atoms with van der Waals surface area (Å²) in [6.07, 6.45) is -1.62. The molecule has 5 N–H and O–H groups in total. The molecule has 1 amide bonds. The summed E-state index contributed by atoms with van der Waals surface area (Å²) in [6, 6.07) is 11.3. The number of carbonyl (C=O) groups is 1. The molecule has 3 rings (SSSR count). The van der Waals surface area contributed by atoms with Gasteiger partial charge in [-0.25, -0.2) is 5.32 Å². The monoisotopic (exact) mass is 386 g/mol. The van der Waals surface area contributed by atoms with Crippen LogP contribution in [0.5, 0.6) is 5.75 Å². The highest BCUT2D eigenvalue weighted by Crippen LogP contribution is 2.28. The first-order valence-corrected chi connectivity index (χ1v) is 9.00. The summed E-state index contributed by atoms with van der Waals surface area (Å²) in [7, 11) is 5.04. The molecule has 0 bridgehead atoms. The molecule has 1 aliphatic rings. The number of anilines is 2. The number of methoxy groups -OCH3 is 1. The zero-order valence-corrected chi connectivity index (χ0v) is 16.2. The minimum absolute atomic E-state index is 0.0129. The van der Waals surface area contributed by atoms with Crippen molar-refractivity contribution in [2.24, 2.45) is 0 Å². The predicted molar refractivity (Wildman–Crippen MR) is 107 cm³/mol. The van der Waals surface area contributed by atoms with Gasteiger partial charge in [-0.3, -0.25) is 4.79 Å². The first-order chi connectivity index (χ1) is 13.4. The number of aliphatic hydroxyl groups excluding tert-OH is 2. The van der Waals surface area contributed by atoms with E-state index in [9.17, 15) is 15.0 Å². The van der Waals surface area contributed by atoms with Crippen LogP contribution in [-0.2, 0) is 17.8 Å². The number of aliphatic hydroxyl groups is 2. The molecular formula is C20H26N4O4. The molecule has 0 saturated heterocycles. The molecule has 2 atom stereocenters. The van der Waals surface area contributed by atoms with Crippen molar-refractivity contribution in [1.82, 2.24) is 10.2 Å². The van der Waals surface area contributed by atoms with Gasteiger partial charge in [0.05, 0.1) is 13.5 Å². The summed E-state index contributed by atoms with van der Waals surface area (Å²) < 4.78 is 5.43. The van der Waals surface area contributed by atoms with Crippen molar-refractivity contribution in [2.75, 3.05) is 31.8 Å². The summed E-state index contributed by atoms with van der Waals surface area (Å²) in [6.45, 7) is 0.543. The van der Waals surface area contributed by atoms with Crippen LogP contribution in [0.25, 0.3) is 0 Å². The Morgan fingerprint density at radius 1 is 1.21 bits per heavy atom. The second kappa shape index (κ2) is 8.47. The molecule has 8 heteroatoms. The Morgan fingerprint density at radius 3 is 2.71 bits per heavy atom. The van der Waals surface area contributed by atoms with E-state index in [2.05, 4.69) is 16.0 Å². The number of fused-ring (bicyclic) bond motifs is 1. The van der Waals surface area contributed by atoms with Crippen LogP contribution in [0.4, 0.5) is 11.4 Å². The summed E-state index contributed by atoms with van der Waals surface area (Å²) in [5, 5.41) is 28.4. The molecule has 2 aromatic rings. The molecule has 0 fully saturated rings. The largest absolute Gasteiger partial charge is 0.496 e. The third-order valence-corrected chi connectivity index (χ3v) is 4.64. The number of likely N-dealkylation sites (N-methyl/N-ethyl adjacent to an activating group) is 1. The van der Waals surface area contributed by atoms with Crippen LogP contribution in [0.3, 0.4) is 0 Å². The van der Waals surface area contributed by atoms with Crippen molar-refractivity contribution < 1.29 is 19.7 Å². The highest BCUT2D eigenvalue weighted by atomic mass is 16.5. The number of benzene rings is 2. The second-order valence-corrected chi connectivity index (χ2v) is 6.88. The number of nitrogens with zero attached hydrogens (tertiary/aromatic N) is 1. The standard InChI is InChI=1S/C20H26N4O4/c1-24(2)18(25)9-13-5-6-14(10-17(13)28-3)21-11-12-4-7-16-15(8-12)19(26)23-20(27)22-16/h4-8,10,19-23,26-27H,9,11H2,1-3H3. The number of rotatable bonds is 6. The van der Waals surface area contributed by atoms with Gasteiger partial charge < -0.3 is 30.5 Å². The zero-order valence-electron chi connectivity index (χ0n) is 16.2. The van der Waals surface area contributed by atoms with E-state index >= 15 is 0 Å². The maximum atomic E-state index is 11.9. The predicted octanol–water partition coefficient (Wildman–Crippen LogP) is 1.22. The fourth-order valence-electron chi connectivity index (χ4n) is 3.03. The van der Waals surface area contributed by atoms with E-state index in [4.69, 9.17) is 4.74 Å². The highest BCUT2D eigenvalue weighted by Gasteiger charge is 2.22. The van der Waals surface area contributed by atoms with Crippen LogP contribution in [0, 0.1) is 0 Å². The summed E-state index contributed by atoms with van der Waals surface area (Å²) >= 11 is 0. The van der Waals surface area contributed by atoms with E-state index in [1.54, 1.807) is 26.1 Å². The van der Waals surface area contributed by atoms with Gasteiger partial charge in [-0.1, -0.05) is 12.1 Å². The molecule has 0 saturated carbocycles. The van der Waals surface area contributed by atoms with Crippen LogP contribution in [-0.4, -0.2) is 48.6 Å². The van der Waals surface area contributed by atoms with Gasteiger partial charge in [0.1, 0.15) is 12.0 Å². The van der Waals surface area contributed by atoms with E-state index < -0.39 is 12.6 Å². The maximum absolute atomic E-state index is 11.9. The SMILES string of the molecule is COc1cc(NCc2ccc3c(c2)C(O)NC(O)N3)ccc1CC(=O)N(C)C. The van der Waals surface area contributed by atoms with E-state index in [0.29, 0.717) is 23.5 Å². The Kier molecular flexibility index (Phi) is 6.03. The quantitative estimate of drug-likeness (QED) is 0.508. The Hall–Kier alpha value is -2.81. The van der Waals surface area contributed by atoms with E-state index in [0.717, 1.165) is 16.8 Å². The normalized spacial score (nSPS) is 18.0. The molecule has 1 aliphatic heterocycles. The number of amides is 1. The third-order valence-electron chi connectivity index (χ3n) is 4.64. The minimum Gasteiger partial charge on any atom is -0.496 e. The lowest BCUT2D eigenvalue weighted by molar-refractivity contribution is -0.127. The number of hydrogen-bond donors (Lipinski definition) is 5. The molecule has 0 aromatic heterocycles. The van der Waals surface area contributed by atoms with Crippen LogP contribution in [0.1, 0.15) is 22.9 Å². The average Bonchev–Trinajstić information content (AvgIpc) is 2.67. The lowest BCUT2D eigenvalue weighted by atomic mass is 10.0. The Bertz CT molecular complexity index is 856. The molecular weight excluding hydrogens is 360 g/mol. The molecule has 8 nitrogen and oxygen atoms in total. The number of hydrogen-bond acceptors (Lipinski definition) is 7. The van der Waals surface area contributed by atoms with Gasteiger partial charge in [-0.05, 0) is 23.8 Å². The summed E-state index contributed by atoms with van der Waals surface area (Å²) in [5.74, 6) is 0.669. The van der Waals surface area contributed by atoms with Crippen molar-refractivity contribution in [3.05, 3.63) is 53.1 Å². The molecule has 2 aromatic carbocycles. The molecule has 1 heterocycles. The lowest BCUT2D eigenvalue weighted by Crippen LogP contribution is -2.43. The van der Waals surface area contributed by atoms with Gasteiger partial charge in [0.2, 0.25) is 5.91 Å². The van der Waals surface area contributed by atoms with Crippen LogP contribution in [0.15, 0.2) is 36.4 Å². The Labute approximate surface area is 164 Å². The van der Waals surface area contributed by atoms with Crippen molar-refractivity contribution in [3.8, 4) is 5.75 Å². The smallest absolute Gasteiger partial charge is 0.226 e. The fourth-order valence-corrected chi connectivity index (χ4v) is 3.03. The summed E-state index contributed by atoms with van der Waals surface area (Å²) in [5.41, 5.74) is 4.05. The zero-order chi connectivity index (χ0) is 20.3. The van der Waals surface area contributed by atoms with Gasteiger partial charge in [0.25, 0.3) is 0 Å². The Morgan fingerprint density at radius 2 is 2.00 bits per heavy atom. The molecule has 0 radical (unpaired) electrons. The minimum atomic E-state index is -0.975. The molecule has 0 aliphatic carbocycles. The third kappa shape index (κ3) is 4.53. The van der Waals surface area contributed by atoms with Crippen molar-refractivity contribution >= 4 is 17.3 Å². The van der Waals surface area contributed by atoms with E-state index in [-0.39, 0.29) is 12.3 Å². The van der Waals surface area contributed by atoms with Crippen LogP contribution < -0.4 is 20.7 Å². The highest BCUT2D eigenvalue weighted by molar-refractivity contribution is 5.79. The number of ether oxygens (including phenoxy) is 1. The van der Waals surface area contributed by atoms with Crippen LogP contribution in [0.2, 0.25) is 0 Å². The van der Waals surface area contributed by atoms with Gasteiger partial charge in [-0.2, -0.15) is 0 Å². The topological polar surface area (TPSA) is 106 Å². The lowest BCUT2D eigenvalue weighted by Gasteiger charge is -2.29. The van der Waals surface area contributed by atoms with Gasteiger partial charge in [0, 0.05) is 49.2 Å². The first kappa shape index (κ1) is 19.9. The second-order valence-electron chi connectivity index (χ2n) is 6.88.